The molecule has 0 bridgehead atoms. The van der Waals surface area contributed by atoms with Gasteiger partial charge in [-0.25, -0.2) is 4.68 Å². The summed E-state index contributed by atoms with van der Waals surface area (Å²) in [5.41, 5.74) is 2.47. The third kappa shape index (κ3) is 2.22. The number of nitrogens with one attached hydrogen (secondary N) is 2. The minimum Gasteiger partial charge on any atom is -0.359 e. The zero-order valence-corrected chi connectivity index (χ0v) is 12.4. The molecule has 0 unspecified atom stereocenters. The van der Waals surface area contributed by atoms with Crippen molar-refractivity contribution in [1.29, 1.82) is 0 Å². The summed E-state index contributed by atoms with van der Waals surface area (Å²) in [4.78, 5) is 12.4. The number of nitrogens with zero attached hydrogens (tertiary/aromatic N) is 4. The summed E-state index contributed by atoms with van der Waals surface area (Å²) in [5, 5.41) is 17.6. The number of carbonyl (C=O) groups excluding carboxylic acids is 1. The smallest absolute Gasteiger partial charge is 0.255 e. The van der Waals surface area contributed by atoms with Gasteiger partial charge in [0.15, 0.2) is 0 Å². The number of aromatic nitrogens is 4. The monoisotopic (exact) mass is 306 g/mol. The Morgan fingerprint density at radius 2 is 1.96 bits per heavy atom. The Hall–Kier alpha value is -3.22. The second kappa shape index (κ2) is 4.91. The lowest BCUT2D eigenvalue weighted by molar-refractivity contribution is 0.0906. The number of fused-ring (bicyclic) bond motifs is 1. The number of benzene rings is 2. The Morgan fingerprint density at radius 3 is 2.78 bits per heavy atom. The number of anilines is 1. The van der Waals surface area contributed by atoms with Gasteiger partial charge in [0.2, 0.25) is 0 Å². The standard InChI is InChI=1S/C16H14N6O/c1-16(18-14-8-3-2-7-13(14)15(23)19-16)11-5-4-6-12(9-11)22-10-17-20-21-22/h2-10,18H,1H3,(H,19,23)/t16-/m1/s1. The third-order valence-electron chi connectivity index (χ3n) is 3.96. The summed E-state index contributed by atoms with van der Waals surface area (Å²) >= 11 is 0. The highest BCUT2D eigenvalue weighted by Crippen LogP contribution is 2.31. The van der Waals surface area contributed by atoms with Crippen LogP contribution in [0.4, 0.5) is 5.69 Å². The van der Waals surface area contributed by atoms with Crippen molar-refractivity contribution in [3.63, 3.8) is 0 Å². The van der Waals surface area contributed by atoms with Crippen LogP contribution >= 0.6 is 0 Å². The van der Waals surface area contributed by atoms with E-state index in [1.165, 1.54) is 6.33 Å². The molecule has 23 heavy (non-hydrogen) atoms. The maximum atomic E-state index is 12.4. The topological polar surface area (TPSA) is 84.7 Å². The van der Waals surface area contributed by atoms with Crippen LogP contribution in [0.2, 0.25) is 0 Å². The fraction of sp³-hybridized carbons (Fsp3) is 0.125. The first-order chi connectivity index (χ1) is 11.2. The summed E-state index contributed by atoms with van der Waals surface area (Å²) in [6, 6.07) is 15.2. The van der Waals surface area contributed by atoms with Crippen molar-refractivity contribution in [1.82, 2.24) is 25.5 Å². The van der Waals surface area contributed by atoms with Crippen molar-refractivity contribution in [3.8, 4) is 5.69 Å². The molecule has 114 valence electrons. The van der Waals surface area contributed by atoms with E-state index in [0.29, 0.717) is 5.56 Å². The van der Waals surface area contributed by atoms with Gasteiger partial charge in [0.25, 0.3) is 5.91 Å². The second-order valence-electron chi connectivity index (χ2n) is 5.55. The lowest BCUT2D eigenvalue weighted by Gasteiger charge is -2.38. The van der Waals surface area contributed by atoms with Crippen LogP contribution in [0.1, 0.15) is 22.8 Å². The number of para-hydroxylation sites is 1. The van der Waals surface area contributed by atoms with Crippen LogP contribution in [0.25, 0.3) is 5.69 Å². The molecule has 1 atom stereocenters. The molecule has 3 aromatic rings. The number of hydrogen-bond acceptors (Lipinski definition) is 5. The van der Waals surface area contributed by atoms with Crippen LogP contribution in [0.5, 0.6) is 0 Å². The Balaban J connectivity index is 1.76. The molecule has 7 heteroatoms. The van der Waals surface area contributed by atoms with Gasteiger partial charge in [-0.1, -0.05) is 24.3 Å². The van der Waals surface area contributed by atoms with E-state index in [0.717, 1.165) is 16.9 Å². The van der Waals surface area contributed by atoms with Crippen LogP contribution in [-0.4, -0.2) is 26.1 Å². The lowest BCUT2D eigenvalue weighted by atomic mass is 9.96. The van der Waals surface area contributed by atoms with E-state index in [-0.39, 0.29) is 5.91 Å². The number of amides is 1. The van der Waals surface area contributed by atoms with Gasteiger partial charge in [-0.3, -0.25) is 4.79 Å². The van der Waals surface area contributed by atoms with Crippen molar-refractivity contribution >= 4 is 11.6 Å². The van der Waals surface area contributed by atoms with Crippen molar-refractivity contribution in [2.75, 3.05) is 5.32 Å². The van der Waals surface area contributed by atoms with E-state index < -0.39 is 5.66 Å². The Bertz CT molecular complexity index is 876. The molecule has 0 fully saturated rings. The van der Waals surface area contributed by atoms with Crippen LogP contribution in [0.15, 0.2) is 54.9 Å². The van der Waals surface area contributed by atoms with Gasteiger partial charge in [-0.05, 0) is 47.2 Å². The SMILES string of the molecule is C[C@]1(c2cccc(-n3cnnn3)c2)NC(=O)c2ccccc2N1. The van der Waals surface area contributed by atoms with E-state index in [2.05, 4.69) is 26.2 Å². The fourth-order valence-corrected chi connectivity index (χ4v) is 2.77. The average molecular weight is 306 g/mol. The van der Waals surface area contributed by atoms with E-state index in [4.69, 9.17) is 0 Å². The van der Waals surface area contributed by atoms with Crippen molar-refractivity contribution in [2.45, 2.75) is 12.6 Å². The maximum absolute atomic E-state index is 12.4. The predicted octanol–water partition coefficient (Wildman–Crippen LogP) is 1.69. The Morgan fingerprint density at radius 1 is 1.09 bits per heavy atom. The summed E-state index contributed by atoms with van der Waals surface area (Å²) in [7, 11) is 0. The van der Waals surface area contributed by atoms with Crippen LogP contribution in [-0.2, 0) is 5.66 Å². The predicted molar refractivity (Wildman–Crippen MR) is 84.0 cm³/mol. The van der Waals surface area contributed by atoms with Gasteiger partial charge in [0, 0.05) is 5.69 Å². The molecule has 7 nitrogen and oxygen atoms in total. The zero-order valence-electron chi connectivity index (χ0n) is 12.4. The lowest BCUT2D eigenvalue weighted by Crippen LogP contribution is -2.52. The van der Waals surface area contributed by atoms with Gasteiger partial charge < -0.3 is 10.6 Å². The molecular weight excluding hydrogens is 292 g/mol. The first-order valence-corrected chi connectivity index (χ1v) is 7.19. The molecule has 0 spiro atoms. The van der Waals surface area contributed by atoms with Crippen LogP contribution in [0.3, 0.4) is 0 Å². The van der Waals surface area contributed by atoms with Gasteiger partial charge in [-0.2, -0.15) is 0 Å². The highest BCUT2D eigenvalue weighted by atomic mass is 16.2. The molecule has 1 aliphatic rings. The van der Waals surface area contributed by atoms with Crippen molar-refractivity contribution in [3.05, 3.63) is 66.0 Å². The molecule has 0 aliphatic carbocycles. The van der Waals surface area contributed by atoms with Crippen LogP contribution in [0, 0.1) is 0 Å². The third-order valence-corrected chi connectivity index (χ3v) is 3.96. The molecule has 0 saturated heterocycles. The van der Waals surface area contributed by atoms with E-state index in [9.17, 15) is 4.79 Å². The first kappa shape index (κ1) is 13.4. The highest BCUT2D eigenvalue weighted by molar-refractivity contribution is 6.02. The first-order valence-electron chi connectivity index (χ1n) is 7.19. The molecule has 1 aliphatic heterocycles. The van der Waals surface area contributed by atoms with Gasteiger partial charge in [0.1, 0.15) is 12.0 Å². The normalized spacial score (nSPS) is 19.6. The molecule has 0 radical (unpaired) electrons. The zero-order chi connectivity index (χ0) is 15.9. The van der Waals surface area contributed by atoms with E-state index in [1.54, 1.807) is 10.7 Å². The van der Waals surface area contributed by atoms with E-state index >= 15 is 0 Å². The van der Waals surface area contributed by atoms with Crippen LogP contribution < -0.4 is 10.6 Å². The summed E-state index contributed by atoms with van der Waals surface area (Å²) < 4.78 is 1.57. The minimum atomic E-state index is -0.713. The minimum absolute atomic E-state index is 0.102. The summed E-state index contributed by atoms with van der Waals surface area (Å²) in [6.45, 7) is 1.93. The number of tetrazole rings is 1. The Labute approximate surface area is 132 Å². The quantitative estimate of drug-likeness (QED) is 0.752. The van der Waals surface area contributed by atoms with Gasteiger partial charge in [-0.15, -0.1) is 5.10 Å². The highest BCUT2D eigenvalue weighted by Gasteiger charge is 2.34. The fourth-order valence-electron chi connectivity index (χ4n) is 2.77. The number of carbonyl (C=O) groups is 1. The van der Waals surface area contributed by atoms with Gasteiger partial charge >= 0.3 is 0 Å². The Kier molecular flexibility index (Phi) is 2.87. The molecule has 1 amide bonds. The molecular formula is C16H14N6O. The number of rotatable bonds is 2. The number of hydrogen-bond donors (Lipinski definition) is 2. The van der Waals surface area contributed by atoms with Crippen molar-refractivity contribution in [2.24, 2.45) is 0 Å². The molecule has 4 rings (SSSR count). The maximum Gasteiger partial charge on any atom is 0.255 e. The average Bonchev–Trinajstić information content (AvgIpc) is 3.09. The largest absolute Gasteiger partial charge is 0.359 e. The molecule has 0 saturated carbocycles. The molecule has 2 heterocycles. The second-order valence-corrected chi connectivity index (χ2v) is 5.55. The summed E-state index contributed by atoms with van der Waals surface area (Å²) in [5.74, 6) is -0.102. The summed E-state index contributed by atoms with van der Waals surface area (Å²) in [6.07, 6.45) is 1.53. The van der Waals surface area contributed by atoms with Gasteiger partial charge in [0.05, 0.1) is 11.3 Å². The van der Waals surface area contributed by atoms with Crippen molar-refractivity contribution < 1.29 is 4.79 Å². The molecule has 2 N–H and O–H groups in total. The van der Waals surface area contributed by atoms with E-state index in [1.807, 2.05) is 49.4 Å². The molecule has 1 aromatic heterocycles. The molecule has 2 aromatic carbocycles.